The highest BCUT2D eigenvalue weighted by molar-refractivity contribution is 7.89. The molecule has 112 valence electrons. The number of nitrogens with zero attached hydrogens (tertiary/aromatic N) is 2. The van der Waals surface area contributed by atoms with Gasteiger partial charge in [-0.1, -0.05) is 0 Å². The summed E-state index contributed by atoms with van der Waals surface area (Å²) in [6.07, 6.45) is 0. The lowest BCUT2D eigenvalue weighted by Crippen LogP contribution is -2.50. The Labute approximate surface area is 120 Å². The average Bonchev–Trinajstić information content (AvgIpc) is 2.38. The largest absolute Gasteiger partial charge is 0.298 e. The minimum Gasteiger partial charge on any atom is -0.298 e. The monoisotopic (exact) mass is 300 g/mol. The third-order valence-electron chi connectivity index (χ3n) is 3.76. The summed E-state index contributed by atoms with van der Waals surface area (Å²) in [7, 11) is -3.52. The van der Waals surface area contributed by atoms with Crippen LogP contribution in [0.2, 0.25) is 0 Å². The Hall–Kier alpha value is -0.980. The van der Waals surface area contributed by atoms with Gasteiger partial charge in [0.2, 0.25) is 10.0 Å². The molecule has 0 unspecified atom stereocenters. The van der Waals surface area contributed by atoms with E-state index in [1.54, 1.807) is 6.92 Å². The Balaban J connectivity index is 2.20. The summed E-state index contributed by atoms with van der Waals surface area (Å²) < 4.78 is 39.8. The second-order valence-electron chi connectivity index (χ2n) is 5.44. The second-order valence-corrected chi connectivity index (χ2v) is 7.35. The number of piperazine rings is 1. The van der Waals surface area contributed by atoms with Crippen LogP contribution in [0.15, 0.2) is 23.1 Å². The summed E-state index contributed by atoms with van der Waals surface area (Å²) in [6, 6.07) is 4.24. The Bertz CT molecular complexity index is 579. The van der Waals surface area contributed by atoms with Gasteiger partial charge in [-0.05, 0) is 44.5 Å². The third-order valence-corrected chi connectivity index (χ3v) is 5.82. The summed E-state index contributed by atoms with van der Waals surface area (Å²) in [5.41, 5.74) is 0.455. The molecule has 1 fully saturated rings. The second kappa shape index (κ2) is 5.79. The van der Waals surface area contributed by atoms with Crippen molar-refractivity contribution in [2.75, 3.05) is 26.2 Å². The fourth-order valence-electron chi connectivity index (χ4n) is 2.50. The number of aryl methyl sites for hydroxylation is 1. The van der Waals surface area contributed by atoms with Crippen LogP contribution < -0.4 is 0 Å². The zero-order chi connectivity index (χ0) is 14.9. The van der Waals surface area contributed by atoms with E-state index in [4.69, 9.17) is 0 Å². The summed E-state index contributed by atoms with van der Waals surface area (Å²) in [4.78, 5) is 2.46. The highest BCUT2D eigenvalue weighted by atomic mass is 32.2. The molecular formula is C14H21FN2O2S. The van der Waals surface area contributed by atoms with Gasteiger partial charge >= 0.3 is 0 Å². The first-order chi connectivity index (χ1) is 9.32. The first-order valence-electron chi connectivity index (χ1n) is 6.82. The van der Waals surface area contributed by atoms with Crippen molar-refractivity contribution in [2.24, 2.45) is 0 Å². The van der Waals surface area contributed by atoms with Crippen LogP contribution in [0.1, 0.15) is 19.4 Å². The van der Waals surface area contributed by atoms with Gasteiger partial charge in [-0.3, -0.25) is 4.90 Å². The van der Waals surface area contributed by atoms with Crippen LogP contribution in [-0.2, 0) is 10.0 Å². The van der Waals surface area contributed by atoms with Crippen LogP contribution in [0.3, 0.4) is 0 Å². The lowest BCUT2D eigenvalue weighted by atomic mass is 10.2. The smallest absolute Gasteiger partial charge is 0.243 e. The van der Waals surface area contributed by atoms with Crippen LogP contribution >= 0.6 is 0 Å². The van der Waals surface area contributed by atoms with Gasteiger partial charge < -0.3 is 0 Å². The third kappa shape index (κ3) is 3.02. The Kier molecular flexibility index (Phi) is 4.46. The molecule has 1 aromatic carbocycles. The zero-order valence-electron chi connectivity index (χ0n) is 12.1. The summed E-state index contributed by atoms with van der Waals surface area (Å²) in [5, 5.41) is 0. The maximum Gasteiger partial charge on any atom is 0.243 e. The molecule has 2 rings (SSSR count). The van der Waals surface area contributed by atoms with Gasteiger partial charge in [-0.2, -0.15) is 4.31 Å². The van der Waals surface area contributed by atoms with Crippen molar-refractivity contribution in [1.29, 1.82) is 0 Å². The molecule has 0 atom stereocenters. The fourth-order valence-corrected chi connectivity index (χ4v) is 4.13. The molecule has 0 radical (unpaired) electrons. The van der Waals surface area contributed by atoms with Gasteiger partial charge in [-0.25, -0.2) is 12.8 Å². The average molecular weight is 300 g/mol. The molecule has 6 heteroatoms. The standard InChI is InChI=1S/C14H21FN2O2S/c1-11(2)16-6-8-17(9-7-16)20(18,19)14-5-4-13(15)10-12(14)3/h4-5,10-11H,6-9H2,1-3H3. The molecule has 0 aromatic heterocycles. The predicted molar refractivity (Wildman–Crippen MR) is 76.6 cm³/mol. The first-order valence-corrected chi connectivity index (χ1v) is 8.26. The number of hydrogen-bond donors (Lipinski definition) is 0. The van der Waals surface area contributed by atoms with E-state index in [0.29, 0.717) is 24.7 Å². The lowest BCUT2D eigenvalue weighted by Gasteiger charge is -2.36. The molecule has 1 heterocycles. The fraction of sp³-hybridized carbons (Fsp3) is 0.571. The first kappa shape index (κ1) is 15.4. The van der Waals surface area contributed by atoms with Gasteiger partial charge in [0.05, 0.1) is 4.90 Å². The topological polar surface area (TPSA) is 40.6 Å². The Morgan fingerprint density at radius 3 is 2.25 bits per heavy atom. The molecule has 0 N–H and O–H groups in total. The van der Waals surface area contributed by atoms with E-state index >= 15 is 0 Å². The van der Waals surface area contributed by atoms with Gasteiger partial charge in [0, 0.05) is 32.2 Å². The van der Waals surface area contributed by atoms with Crippen molar-refractivity contribution >= 4 is 10.0 Å². The van der Waals surface area contributed by atoms with E-state index in [1.807, 2.05) is 0 Å². The van der Waals surface area contributed by atoms with Gasteiger partial charge in [-0.15, -0.1) is 0 Å². The molecule has 0 aliphatic carbocycles. The molecule has 20 heavy (non-hydrogen) atoms. The number of halogens is 1. The van der Waals surface area contributed by atoms with Crippen molar-refractivity contribution in [3.05, 3.63) is 29.6 Å². The molecule has 0 saturated carbocycles. The molecule has 4 nitrogen and oxygen atoms in total. The van der Waals surface area contributed by atoms with Gasteiger partial charge in [0.25, 0.3) is 0 Å². The zero-order valence-corrected chi connectivity index (χ0v) is 13.0. The quantitative estimate of drug-likeness (QED) is 0.855. The highest BCUT2D eigenvalue weighted by Crippen LogP contribution is 2.22. The minimum atomic E-state index is -3.52. The SMILES string of the molecule is Cc1cc(F)ccc1S(=O)(=O)N1CCN(C(C)C)CC1. The number of rotatable bonds is 3. The van der Waals surface area contributed by atoms with Crippen LogP contribution in [0.25, 0.3) is 0 Å². The van der Waals surface area contributed by atoms with Crippen LogP contribution in [-0.4, -0.2) is 49.8 Å². The Morgan fingerprint density at radius 1 is 1.15 bits per heavy atom. The maximum absolute atomic E-state index is 13.1. The molecule has 1 saturated heterocycles. The van der Waals surface area contributed by atoms with Crippen molar-refractivity contribution in [1.82, 2.24) is 9.21 Å². The number of hydrogen-bond acceptors (Lipinski definition) is 3. The van der Waals surface area contributed by atoms with Crippen molar-refractivity contribution in [3.63, 3.8) is 0 Å². The molecule has 1 aliphatic heterocycles. The van der Waals surface area contributed by atoms with Crippen LogP contribution in [0.4, 0.5) is 4.39 Å². The molecule has 1 aromatic rings. The van der Waals surface area contributed by atoms with E-state index in [2.05, 4.69) is 18.7 Å². The van der Waals surface area contributed by atoms with E-state index < -0.39 is 15.8 Å². The van der Waals surface area contributed by atoms with E-state index in [1.165, 1.54) is 22.5 Å². The van der Waals surface area contributed by atoms with Crippen molar-refractivity contribution < 1.29 is 12.8 Å². The predicted octanol–water partition coefficient (Wildman–Crippen LogP) is 1.85. The van der Waals surface area contributed by atoms with Crippen molar-refractivity contribution in [3.8, 4) is 0 Å². The van der Waals surface area contributed by atoms with Crippen LogP contribution in [0, 0.1) is 12.7 Å². The lowest BCUT2D eigenvalue weighted by molar-refractivity contribution is 0.154. The van der Waals surface area contributed by atoms with E-state index in [9.17, 15) is 12.8 Å². The summed E-state index contributed by atoms with van der Waals surface area (Å²) in [5.74, 6) is -0.411. The summed E-state index contributed by atoms with van der Waals surface area (Å²) >= 11 is 0. The number of sulfonamides is 1. The molecule has 0 spiro atoms. The Morgan fingerprint density at radius 2 is 1.75 bits per heavy atom. The molecule has 0 bridgehead atoms. The highest BCUT2D eigenvalue weighted by Gasteiger charge is 2.30. The molecular weight excluding hydrogens is 279 g/mol. The minimum absolute atomic E-state index is 0.205. The van der Waals surface area contributed by atoms with E-state index in [0.717, 1.165) is 13.1 Å². The molecule has 1 aliphatic rings. The summed E-state index contributed by atoms with van der Waals surface area (Å²) in [6.45, 7) is 8.27. The molecule has 0 amide bonds. The van der Waals surface area contributed by atoms with Crippen LogP contribution in [0.5, 0.6) is 0 Å². The number of benzene rings is 1. The van der Waals surface area contributed by atoms with E-state index in [-0.39, 0.29) is 4.90 Å². The maximum atomic E-state index is 13.1. The normalized spacial score (nSPS) is 18.6. The van der Waals surface area contributed by atoms with Gasteiger partial charge in [0.1, 0.15) is 5.82 Å². The van der Waals surface area contributed by atoms with Gasteiger partial charge in [0.15, 0.2) is 0 Å². The van der Waals surface area contributed by atoms with Crippen molar-refractivity contribution in [2.45, 2.75) is 31.7 Å².